The van der Waals surface area contributed by atoms with E-state index in [1.165, 1.54) is 12.8 Å². The fourth-order valence-electron chi connectivity index (χ4n) is 2.71. The normalized spacial score (nSPS) is 22.7. The number of carbonyl (C=O) groups excluding carboxylic acids is 1. The summed E-state index contributed by atoms with van der Waals surface area (Å²) in [6, 6.07) is -0.0563. The summed E-state index contributed by atoms with van der Waals surface area (Å²) >= 11 is 0. The van der Waals surface area contributed by atoms with E-state index in [4.69, 9.17) is 0 Å². The molecule has 5 nitrogen and oxygen atoms in total. The van der Waals surface area contributed by atoms with Crippen LogP contribution in [0.2, 0.25) is 0 Å². The first-order chi connectivity index (χ1) is 9.16. The molecule has 1 saturated heterocycles. The highest BCUT2D eigenvalue weighted by molar-refractivity contribution is 5.76. The molecule has 3 N–H and O–H groups in total. The molecule has 5 heteroatoms. The Kier molecular flexibility index (Phi) is 4.96. The number of hydrogen-bond acceptors (Lipinski definition) is 3. The summed E-state index contributed by atoms with van der Waals surface area (Å²) in [6.45, 7) is 6.28. The van der Waals surface area contributed by atoms with Crippen LogP contribution in [-0.4, -0.2) is 29.0 Å². The van der Waals surface area contributed by atoms with Crippen LogP contribution in [0.4, 0.5) is 0 Å². The van der Waals surface area contributed by atoms with Gasteiger partial charge in [-0.05, 0) is 44.7 Å². The van der Waals surface area contributed by atoms with E-state index < -0.39 is 0 Å². The van der Waals surface area contributed by atoms with E-state index in [1.54, 1.807) is 12.4 Å². The Morgan fingerprint density at radius 3 is 3.05 bits per heavy atom. The van der Waals surface area contributed by atoms with E-state index in [9.17, 15) is 4.79 Å². The maximum atomic E-state index is 12.0. The summed E-state index contributed by atoms with van der Waals surface area (Å²) in [6.07, 6.45) is 6.52. The number of carbonyl (C=O) groups is 1. The van der Waals surface area contributed by atoms with Gasteiger partial charge in [0.25, 0.3) is 0 Å². The molecular formula is C14H24N4O. The van der Waals surface area contributed by atoms with Gasteiger partial charge < -0.3 is 15.6 Å². The summed E-state index contributed by atoms with van der Waals surface area (Å²) < 4.78 is 0. The number of H-pyrrole nitrogens is 1. The zero-order chi connectivity index (χ0) is 13.7. The molecule has 106 valence electrons. The summed E-state index contributed by atoms with van der Waals surface area (Å²) in [5.74, 6) is 1.97. The minimum atomic E-state index is -0.0563. The lowest BCUT2D eigenvalue weighted by molar-refractivity contribution is -0.123. The second-order valence-corrected chi connectivity index (χ2v) is 5.55. The van der Waals surface area contributed by atoms with Crippen molar-refractivity contribution in [2.45, 2.75) is 39.2 Å². The summed E-state index contributed by atoms with van der Waals surface area (Å²) in [7, 11) is 0. The molecule has 0 radical (unpaired) electrons. The number of piperidine rings is 1. The second kappa shape index (κ2) is 6.70. The van der Waals surface area contributed by atoms with Crippen molar-refractivity contribution >= 4 is 5.91 Å². The van der Waals surface area contributed by atoms with Crippen LogP contribution in [0.1, 0.15) is 45.0 Å². The monoisotopic (exact) mass is 264 g/mol. The largest absolute Gasteiger partial charge is 0.347 e. The molecule has 19 heavy (non-hydrogen) atoms. The van der Waals surface area contributed by atoms with E-state index >= 15 is 0 Å². The van der Waals surface area contributed by atoms with Crippen LogP contribution in [0.5, 0.6) is 0 Å². The van der Waals surface area contributed by atoms with E-state index in [-0.39, 0.29) is 11.9 Å². The van der Waals surface area contributed by atoms with Gasteiger partial charge in [0.15, 0.2) is 0 Å². The molecule has 2 rings (SSSR count). The Hall–Kier alpha value is -1.36. The highest BCUT2D eigenvalue weighted by Crippen LogP contribution is 2.22. The van der Waals surface area contributed by atoms with Crippen molar-refractivity contribution in [1.82, 2.24) is 20.6 Å². The fraction of sp³-hybridized carbons (Fsp3) is 0.714. The molecule has 0 bridgehead atoms. The van der Waals surface area contributed by atoms with Crippen molar-refractivity contribution in [2.75, 3.05) is 13.1 Å². The fourth-order valence-corrected chi connectivity index (χ4v) is 2.71. The molecule has 3 unspecified atom stereocenters. The van der Waals surface area contributed by atoms with Crippen LogP contribution in [0, 0.1) is 11.8 Å². The molecule has 0 aliphatic carbocycles. The highest BCUT2D eigenvalue weighted by atomic mass is 16.1. The van der Waals surface area contributed by atoms with Crippen LogP contribution in [0.15, 0.2) is 12.4 Å². The van der Waals surface area contributed by atoms with Crippen LogP contribution >= 0.6 is 0 Å². The predicted molar refractivity (Wildman–Crippen MR) is 74.5 cm³/mol. The standard InChI is InChI=1S/C14H24N4O/c1-10(12-4-3-5-15-9-12)8-13(19)18-11(2)14-16-6-7-17-14/h6-7,10-12,15H,3-5,8-9H2,1-2H3,(H,16,17)(H,18,19). The van der Waals surface area contributed by atoms with Gasteiger partial charge in [-0.3, -0.25) is 4.79 Å². The lowest BCUT2D eigenvalue weighted by atomic mass is 9.85. The van der Waals surface area contributed by atoms with Gasteiger partial charge >= 0.3 is 0 Å². The first kappa shape index (κ1) is 14.1. The summed E-state index contributed by atoms with van der Waals surface area (Å²) in [4.78, 5) is 19.2. The van der Waals surface area contributed by atoms with E-state index in [1.807, 2.05) is 6.92 Å². The molecule has 0 spiro atoms. The minimum Gasteiger partial charge on any atom is -0.347 e. The molecule has 0 saturated carbocycles. The molecule has 3 atom stereocenters. The molecular weight excluding hydrogens is 240 g/mol. The number of nitrogens with zero attached hydrogens (tertiary/aromatic N) is 1. The topological polar surface area (TPSA) is 69.8 Å². The Balaban J connectivity index is 1.77. The van der Waals surface area contributed by atoms with E-state index in [0.717, 1.165) is 18.9 Å². The second-order valence-electron chi connectivity index (χ2n) is 5.55. The van der Waals surface area contributed by atoms with Gasteiger partial charge in [0, 0.05) is 18.8 Å². The Morgan fingerprint density at radius 1 is 1.58 bits per heavy atom. The van der Waals surface area contributed by atoms with E-state index in [0.29, 0.717) is 18.3 Å². The Bertz CT molecular complexity index is 384. The van der Waals surface area contributed by atoms with Crippen molar-refractivity contribution in [2.24, 2.45) is 11.8 Å². The van der Waals surface area contributed by atoms with Crippen LogP contribution in [0.3, 0.4) is 0 Å². The lowest BCUT2D eigenvalue weighted by Crippen LogP contribution is -2.36. The first-order valence-electron chi connectivity index (χ1n) is 7.16. The smallest absolute Gasteiger partial charge is 0.220 e. The molecule has 2 heterocycles. The van der Waals surface area contributed by atoms with Crippen LogP contribution < -0.4 is 10.6 Å². The molecule has 1 fully saturated rings. The number of nitrogens with one attached hydrogen (secondary N) is 3. The zero-order valence-electron chi connectivity index (χ0n) is 11.8. The number of aromatic amines is 1. The Morgan fingerprint density at radius 2 is 2.42 bits per heavy atom. The van der Waals surface area contributed by atoms with Gasteiger partial charge in [-0.15, -0.1) is 0 Å². The van der Waals surface area contributed by atoms with Gasteiger partial charge in [0.1, 0.15) is 5.82 Å². The van der Waals surface area contributed by atoms with Crippen molar-refractivity contribution in [3.63, 3.8) is 0 Å². The predicted octanol–water partition coefficient (Wildman–Crippen LogP) is 1.61. The number of hydrogen-bond donors (Lipinski definition) is 3. The van der Waals surface area contributed by atoms with Gasteiger partial charge in [0.2, 0.25) is 5.91 Å². The third kappa shape index (κ3) is 4.06. The third-order valence-electron chi connectivity index (χ3n) is 3.95. The van der Waals surface area contributed by atoms with Gasteiger partial charge in [0.05, 0.1) is 6.04 Å². The van der Waals surface area contributed by atoms with Crippen molar-refractivity contribution in [1.29, 1.82) is 0 Å². The van der Waals surface area contributed by atoms with Crippen molar-refractivity contribution in [3.8, 4) is 0 Å². The highest BCUT2D eigenvalue weighted by Gasteiger charge is 2.22. The Labute approximate surface area is 114 Å². The quantitative estimate of drug-likeness (QED) is 0.757. The molecule has 1 aliphatic rings. The van der Waals surface area contributed by atoms with Gasteiger partial charge in [-0.1, -0.05) is 6.92 Å². The average Bonchev–Trinajstić information content (AvgIpc) is 2.93. The molecule has 1 aliphatic heterocycles. The van der Waals surface area contributed by atoms with Gasteiger partial charge in [-0.2, -0.15) is 0 Å². The number of aromatic nitrogens is 2. The zero-order valence-corrected chi connectivity index (χ0v) is 11.8. The SMILES string of the molecule is CC(NC(=O)CC(C)C1CCCNC1)c1ncc[nH]1. The van der Waals surface area contributed by atoms with Crippen LogP contribution in [-0.2, 0) is 4.79 Å². The van der Waals surface area contributed by atoms with Crippen molar-refractivity contribution in [3.05, 3.63) is 18.2 Å². The van der Waals surface area contributed by atoms with E-state index in [2.05, 4.69) is 27.5 Å². The number of rotatable bonds is 5. The minimum absolute atomic E-state index is 0.0563. The third-order valence-corrected chi connectivity index (χ3v) is 3.95. The lowest BCUT2D eigenvalue weighted by Gasteiger charge is -2.28. The first-order valence-corrected chi connectivity index (χ1v) is 7.16. The molecule has 1 amide bonds. The maximum absolute atomic E-state index is 12.0. The molecule has 1 aromatic heterocycles. The summed E-state index contributed by atoms with van der Waals surface area (Å²) in [5, 5.41) is 6.40. The maximum Gasteiger partial charge on any atom is 0.220 e. The van der Waals surface area contributed by atoms with Crippen LogP contribution in [0.25, 0.3) is 0 Å². The number of amides is 1. The molecule has 0 aromatic carbocycles. The van der Waals surface area contributed by atoms with Crippen molar-refractivity contribution < 1.29 is 4.79 Å². The molecule has 1 aromatic rings. The average molecular weight is 264 g/mol. The summed E-state index contributed by atoms with van der Waals surface area (Å²) in [5.41, 5.74) is 0. The number of imidazole rings is 1. The van der Waals surface area contributed by atoms with Gasteiger partial charge in [-0.25, -0.2) is 4.98 Å².